The van der Waals surface area contributed by atoms with Crippen LogP contribution >= 0.6 is 0 Å². The number of ether oxygens (including phenoxy) is 3. The molecule has 6 nitrogen and oxygen atoms in total. The van der Waals surface area contributed by atoms with E-state index in [1.807, 2.05) is 18.2 Å². The Bertz CT molecular complexity index is 811. The molecule has 0 saturated carbocycles. The van der Waals surface area contributed by atoms with Crippen molar-refractivity contribution in [3.8, 4) is 17.2 Å². The van der Waals surface area contributed by atoms with Crippen LogP contribution in [0.5, 0.6) is 17.2 Å². The molecule has 2 N–H and O–H groups in total. The molecule has 0 aromatic heterocycles. The molecule has 0 saturated heterocycles. The SMILES string of the molecule is COc1cc2c(cc1OC)/C(=C/c1ccc(OCCO)cc1)C(=O)N2. The minimum absolute atomic E-state index is 0.0337. The highest BCUT2D eigenvalue weighted by Crippen LogP contribution is 2.41. The van der Waals surface area contributed by atoms with Gasteiger partial charge in [0, 0.05) is 17.2 Å². The molecule has 130 valence electrons. The fourth-order valence-corrected chi connectivity index (χ4v) is 2.65. The lowest BCUT2D eigenvalue weighted by molar-refractivity contribution is -0.110. The minimum Gasteiger partial charge on any atom is -0.493 e. The standard InChI is InChI=1S/C19H19NO5/c1-23-17-10-14-15(19(22)20-16(14)11-18(17)24-2)9-12-3-5-13(6-4-12)25-8-7-21/h3-6,9-11,21H,7-8H2,1-2H3,(H,20,22)/b15-9-. The minimum atomic E-state index is -0.175. The van der Waals surface area contributed by atoms with Crippen molar-refractivity contribution in [2.45, 2.75) is 0 Å². The van der Waals surface area contributed by atoms with E-state index in [1.165, 1.54) is 0 Å². The summed E-state index contributed by atoms with van der Waals surface area (Å²) < 4.78 is 15.9. The smallest absolute Gasteiger partial charge is 0.256 e. The molecule has 1 heterocycles. The highest BCUT2D eigenvalue weighted by molar-refractivity contribution is 6.35. The Labute approximate surface area is 145 Å². The Morgan fingerprint density at radius 2 is 1.76 bits per heavy atom. The number of aliphatic hydroxyl groups excluding tert-OH is 1. The zero-order valence-corrected chi connectivity index (χ0v) is 14.0. The first-order valence-corrected chi connectivity index (χ1v) is 7.79. The lowest BCUT2D eigenvalue weighted by atomic mass is 10.0. The Kier molecular flexibility index (Phi) is 4.90. The third-order valence-corrected chi connectivity index (χ3v) is 3.86. The molecule has 1 aliphatic rings. The topological polar surface area (TPSA) is 77.0 Å². The van der Waals surface area contributed by atoms with Crippen LogP contribution in [0, 0.1) is 0 Å². The monoisotopic (exact) mass is 341 g/mol. The molecule has 3 rings (SSSR count). The van der Waals surface area contributed by atoms with Crippen molar-refractivity contribution < 1.29 is 24.1 Å². The molecule has 0 unspecified atom stereocenters. The summed E-state index contributed by atoms with van der Waals surface area (Å²) in [4.78, 5) is 12.3. The predicted octanol–water partition coefficient (Wildman–Crippen LogP) is 2.57. The number of hydrogen-bond donors (Lipinski definition) is 2. The number of hydrogen-bond acceptors (Lipinski definition) is 5. The molecule has 1 aliphatic heterocycles. The van der Waals surface area contributed by atoms with Gasteiger partial charge in [0.25, 0.3) is 5.91 Å². The molecule has 25 heavy (non-hydrogen) atoms. The number of carbonyl (C=O) groups is 1. The third-order valence-electron chi connectivity index (χ3n) is 3.86. The van der Waals surface area contributed by atoms with Crippen LogP contribution in [0.3, 0.4) is 0 Å². The van der Waals surface area contributed by atoms with Crippen molar-refractivity contribution in [1.82, 2.24) is 0 Å². The van der Waals surface area contributed by atoms with Gasteiger partial charge in [0.2, 0.25) is 0 Å². The van der Waals surface area contributed by atoms with Gasteiger partial charge >= 0.3 is 0 Å². The lowest BCUT2D eigenvalue weighted by Crippen LogP contribution is -2.03. The summed E-state index contributed by atoms with van der Waals surface area (Å²) in [6.45, 7) is 0.214. The van der Waals surface area contributed by atoms with Gasteiger partial charge in [-0.15, -0.1) is 0 Å². The number of aliphatic hydroxyl groups is 1. The van der Waals surface area contributed by atoms with Gasteiger partial charge in [0.15, 0.2) is 11.5 Å². The second-order valence-corrected chi connectivity index (χ2v) is 5.41. The molecule has 0 bridgehead atoms. The Morgan fingerprint density at radius 1 is 1.08 bits per heavy atom. The average molecular weight is 341 g/mol. The van der Waals surface area contributed by atoms with E-state index in [4.69, 9.17) is 19.3 Å². The van der Waals surface area contributed by atoms with E-state index in [0.29, 0.717) is 28.5 Å². The summed E-state index contributed by atoms with van der Waals surface area (Å²) >= 11 is 0. The van der Waals surface area contributed by atoms with Gasteiger partial charge in [-0.3, -0.25) is 4.79 Å². The first-order valence-electron chi connectivity index (χ1n) is 7.79. The van der Waals surface area contributed by atoms with Gasteiger partial charge in [-0.25, -0.2) is 0 Å². The normalized spacial score (nSPS) is 14.2. The van der Waals surface area contributed by atoms with E-state index in [2.05, 4.69) is 5.32 Å². The van der Waals surface area contributed by atoms with Crippen molar-refractivity contribution in [3.05, 3.63) is 47.5 Å². The van der Waals surface area contributed by atoms with Crippen molar-refractivity contribution in [2.75, 3.05) is 32.8 Å². The largest absolute Gasteiger partial charge is 0.493 e. The maximum absolute atomic E-state index is 12.3. The van der Waals surface area contributed by atoms with Crippen LogP contribution in [0.4, 0.5) is 5.69 Å². The first-order chi connectivity index (χ1) is 12.2. The van der Waals surface area contributed by atoms with E-state index < -0.39 is 0 Å². The molecule has 0 aliphatic carbocycles. The summed E-state index contributed by atoms with van der Waals surface area (Å²) in [5.41, 5.74) is 2.88. The van der Waals surface area contributed by atoms with Crippen molar-refractivity contribution in [3.63, 3.8) is 0 Å². The molecule has 2 aromatic carbocycles. The summed E-state index contributed by atoms with van der Waals surface area (Å²) in [5.74, 6) is 1.62. The predicted molar refractivity (Wildman–Crippen MR) is 95.1 cm³/mol. The molecule has 0 atom stereocenters. The molecule has 2 aromatic rings. The van der Waals surface area contributed by atoms with Crippen LogP contribution in [0.25, 0.3) is 11.6 Å². The molecule has 6 heteroatoms. The molecule has 0 radical (unpaired) electrons. The number of nitrogens with one attached hydrogen (secondary N) is 1. The number of rotatable bonds is 6. The fraction of sp³-hybridized carbons (Fsp3) is 0.211. The van der Waals surface area contributed by atoms with Crippen LogP contribution in [0.15, 0.2) is 36.4 Å². The Balaban J connectivity index is 1.93. The highest BCUT2D eigenvalue weighted by Gasteiger charge is 2.26. The zero-order valence-electron chi connectivity index (χ0n) is 14.0. The van der Waals surface area contributed by atoms with Crippen LogP contribution < -0.4 is 19.5 Å². The first kappa shape index (κ1) is 16.9. The van der Waals surface area contributed by atoms with Crippen LogP contribution in [-0.4, -0.2) is 38.4 Å². The molecule has 1 amide bonds. The molecule has 0 spiro atoms. The molecular weight excluding hydrogens is 322 g/mol. The average Bonchev–Trinajstić information content (AvgIpc) is 2.94. The zero-order chi connectivity index (χ0) is 17.8. The van der Waals surface area contributed by atoms with Gasteiger partial charge in [-0.2, -0.15) is 0 Å². The Hall–Kier alpha value is -2.99. The number of amides is 1. The summed E-state index contributed by atoms with van der Waals surface area (Å²) in [6, 6.07) is 10.8. The molecule has 0 fully saturated rings. The van der Waals surface area contributed by atoms with Crippen molar-refractivity contribution >= 4 is 23.2 Å². The van der Waals surface area contributed by atoms with E-state index in [1.54, 1.807) is 38.5 Å². The van der Waals surface area contributed by atoms with Crippen LogP contribution in [-0.2, 0) is 4.79 Å². The fourth-order valence-electron chi connectivity index (χ4n) is 2.65. The number of benzene rings is 2. The Morgan fingerprint density at radius 3 is 2.40 bits per heavy atom. The van der Waals surface area contributed by atoms with Crippen LogP contribution in [0.1, 0.15) is 11.1 Å². The summed E-state index contributed by atoms with van der Waals surface area (Å²) in [5, 5.41) is 11.6. The van der Waals surface area contributed by atoms with E-state index >= 15 is 0 Å². The second-order valence-electron chi connectivity index (χ2n) is 5.41. The van der Waals surface area contributed by atoms with Crippen LogP contribution in [0.2, 0.25) is 0 Å². The quantitative estimate of drug-likeness (QED) is 0.790. The second kappa shape index (κ2) is 7.27. The maximum atomic E-state index is 12.3. The number of carbonyl (C=O) groups excluding carboxylic acids is 1. The number of methoxy groups -OCH3 is 2. The van der Waals surface area contributed by atoms with E-state index in [-0.39, 0.29) is 19.1 Å². The summed E-state index contributed by atoms with van der Waals surface area (Å²) in [6.07, 6.45) is 1.81. The van der Waals surface area contributed by atoms with Crippen molar-refractivity contribution in [2.24, 2.45) is 0 Å². The summed E-state index contributed by atoms with van der Waals surface area (Å²) in [7, 11) is 3.11. The van der Waals surface area contributed by atoms with Crippen molar-refractivity contribution in [1.29, 1.82) is 0 Å². The van der Waals surface area contributed by atoms with E-state index in [9.17, 15) is 4.79 Å². The maximum Gasteiger partial charge on any atom is 0.256 e. The van der Waals surface area contributed by atoms with Gasteiger partial charge in [0.05, 0.1) is 26.5 Å². The van der Waals surface area contributed by atoms with Gasteiger partial charge in [0.1, 0.15) is 12.4 Å². The number of anilines is 1. The highest BCUT2D eigenvalue weighted by atomic mass is 16.5. The lowest BCUT2D eigenvalue weighted by Gasteiger charge is -2.09. The molecular formula is C19H19NO5. The van der Waals surface area contributed by atoms with Gasteiger partial charge in [-0.05, 0) is 29.8 Å². The number of fused-ring (bicyclic) bond motifs is 1. The van der Waals surface area contributed by atoms with E-state index in [0.717, 1.165) is 11.1 Å². The van der Waals surface area contributed by atoms with Gasteiger partial charge < -0.3 is 24.6 Å². The third kappa shape index (κ3) is 3.44. The van der Waals surface area contributed by atoms with Gasteiger partial charge in [-0.1, -0.05) is 12.1 Å².